The average Bonchev–Trinajstić information content (AvgIpc) is 2.61. The van der Waals surface area contributed by atoms with Crippen molar-refractivity contribution in [3.63, 3.8) is 0 Å². The van der Waals surface area contributed by atoms with E-state index in [4.69, 9.17) is 4.42 Å². The molecule has 0 saturated heterocycles. The predicted octanol–water partition coefficient (Wildman–Crippen LogP) is 1.97. The topological polar surface area (TPSA) is 55.1 Å². The average molecular weight is 208 g/mol. The van der Waals surface area contributed by atoms with Crippen molar-refractivity contribution in [3.8, 4) is 0 Å². The van der Waals surface area contributed by atoms with Gasteiger partial charge in [0, 0.05) is 6.54 Å². The molecule has 0 atom stereocenters. The summed E-state index contributed by atoms with van der Waals surface area (Å²) in [4.78, 5) is 14.5. The number of thiol groups is 1. The monoisotopic (exact) mass is 208 g/mol. The quantitative estimate of drug-likeness (QED) is 0.742. The molecule has 0 spiro atoms. The Morgan fingerprint density at radius 1 is 1.57 bits per heavy atom. The summed E-state index contributed by atoms with van der Waals surface area (Å²) in [5.74, 6) is 0. The predicted molar refractivity (Wildman–Crippen MR) is 55.2 cm³/mol. The Morgan fingerprint density at radius 2 is 2.43 bits per heavy atom. The van der Waals surface area contributed by atoms with E-state index in [1.54, 1.807) is 0 Å². The molecular formula is C9H8N2O2S. The van der Waals surface area contributed by atoms with Crippen LogP contribution in [0.15, 0.2) is 29.0 Å². The highest BCUT2D eigenvalue weighted by Crippen LogP contribution is 2.13. The van der Waals surface area contributed by atoms with Crippen LogP contribution in [-0.4, -0.2) is 10.2 Å². The van der Waals surface area contributed by atoms with Crippen LogP contribution in [0.3, 0.4) is 0 Å². The lowest BCUT2D eigenvalue weighted by molar-refractivity contribution is 0.260. The Labute approximate surface area is 85.7 Å². The van der Waals surface area contributed by atoms with Gasteiger partial charge in [0.05, 0.1) is 0 Å². The maximum atomic E-state index is 10.5. The summed E-state index contributed by atoms with van der Waals surface area (Å²) in [6.45, 7) is 0.443. The molecule has 1 N–H and O–H groups in total. The van der Waals surface area contributed by atoms with E-state index >= 15 is 0 Å². The second kappa shape index (κ2) is 3.71. The number of carbonyl (C=O) groups is 1. The summed E-state index contributed by atoms with van der Waals surface area (Å²) in [7, 11) is 0. The van der Waals surface area contributed by atoms with Gasteiger partial charge >= 0.3 is 0 Å². The fourth-order valence-corrected chi connectivity index (χ4v) is 1.27. The number of benzene rings is 1. The highest BCUT2D eigenvalue weighted by atomic mass is 32.1. The number of hydrogen-bond donors (Lipinski definition) is 2. The van der Waals surface area contributed by atoms with E-state index in [1.807, 2.05) is 18.2 Å². The molecule has 2 rings (SSSR count). The second-order valence-corrected chi connectivity index (χ2v) is 3.22. The minimum absolute atomic E-state index is 0.345. The van der Waals surface area contributed by atoms with Gasteiger partial charge in [-0.3, -0.25) is 4.79 Å². The number of hydrogen-bond acceptors (Lipinski definition) is 3. The molecule has 1 aromatic heterocycles. The van der Waals surface area contributed by atoms with Gasteiger partial charge in [-0.2, -0.15) is 0 Å². The zero-order chi connectivity index (χ0) is 9.97. The van der Waals surface area contributed by atoms with Crippen LogP contribution in [0, 0.1) is 0 Å². The molecule has 1 heterocycles. The number of carbonyl (C=O) groups excluding carboxylic acids is 1. The maximum absolute atomic E-state index is 10.5. The molecule has 72 valence electrons. The second-order valence-electron chi connectivity index (χ2n) is 2.81. The van der Waals surface area contributed by atoms with Crippen molar-refractivity contribution in [3.05, 3.63) is 30.2 Å². The molecule has 2 aromatic rings. The lowest BCUT2D eigenvalue weighted by atomic mass is 10.2. The normalized spacial score (nSPS) is 10.4. The molecule has 5 heteroatoms. The Kier molecular flexibility index (Phi) is 2.41. The van der Waals surface area contributed by atoms with E-state index in [-0.39, 0.29) is 5.24 Å². The van der Waals surface area contributed by atoms with E-state index in [0.29, 0.717) is 6.54 Å². The molecule has 1 amide bonds. The standard InChI is InChI=1S/C9H8N2O2S/c12-9(14)10-4-6-1-2-7-8(3-6)13-5-11-7/h1-3,5H,4H2,(H2,10,12,14). The number of oxazole rings is 1. The summed E-state index contributed by atoms with van der Waals surface area (Å²) >= 11 is 3.60. The molecule has 4 nitrogen and oxygen atoms in total. The van der Waals surface area contributed by atoms with Gasteiger partial charge in [0.2, 0.25) is 0 Å². The van der Waals surface area contributed by atoms with Gasteiger partial charge in [-0.1, -0.05) is 18.7 Å². The number of aromatic nitrogens is 1. The van der Waals surface area contributed by atoms with Crippen LogP contribution in [0.2, 0.25) is 0 Å². The number of amides is 1. The van der Waals surface area contributed by atoms with Crippen molar-refractivity contribution in [2.45, 2.75) is 6.54 Å². The lowest BCUT2D eigenvalue weighted by Crippen LogP contribution is -2.15. The van der Waals surface area contributed by atoms with Crippen molar-refractivity contribution < 1.29 is 9.21 Å². The first-order chi connectivity index (χ1) is 6.75. The van der Waals surface area contributed by atoms with Gasteiger partial charge in [0.15, 0.2) is 12.0 Å². The largest absolute Gasteiger partial charge is 0.443 e. The van der Waals surface area contributed by atoms with Crippen LogP contribution >= 0.6 is 12.6 Å². The fourth-order valence-electron chi connectivity index (χ4n) is 1.19. The van der Waals surface area contributed by atoms with Crippen molar-refractivity contribution in [1.82, 2.24) is 10.3 Å². The highest BCUT2D eigenvalue weighted by Gasteiger charge is 2.00. The van der Waals surface area contributed by atoms with E-state index in [0.717, 1.165) is 16.7 Å². The summed E-state index contributed by atoms with van der Waals surface area (Å²) in [6, 6.07) is 5.57. The van der Waals surface area contributed by atoms with Crippen LogP contribution in [0.25, 0.3) is 11.1 Å². The molecule has 0 unspecified atom stereocenters. The molecule has 0 aliphatic rings. The molecule has 1 aromatic carbocycles. The third-order valence-corrected chi connectivity index (χ3v) is 2.00. The first kappa shape index (κ1) is 9.08. The fraction of sp³-hybridized carbons (Fsp3) is 0.111. The highest BCUT2D eigenvalue weighted by molar-refractivity contribution is 7.96. The first-order valence-electron chi connectivity index (χ1n) is 4.04. The first-order valence-corrected chi connectivity index (χ1v) is 4.49. The molecule has 0 bridgehead atoms. The van der Waals surface area contributed by atoms with Gasteiger partial charge in [0.25, 0.3) is 5.24 Å². The third kappa shape index (κ3) is 1.88. The SMILES string of the molecule is O=C(S)NCc1ccc2ncoc2c1. The number of nitrogens with one attached hydrogen (secondary N) is 1. The summed E-state index contributed by atoms with van der Waals surface area (Å²) < 4.78 is 5.12. The Balaban J connectivity index is 2.21. The Hall–Kier alpha value is -1.49. The maximum Gasteiger partial charge on any atom is 0.276 e. The summed E-state index contributed by atoms with van der Waals surface area (Å²) in [5.41, 5.74) is 2.48. The van der Waals surface area contributed by atoms with Crippen molar-refractivity contribution in [1.29, 1.82) is 0 Å². The van der Waals surface area contributed by atoms with Crippen molar-refractivity contribution in [2.24, 2.45) is 0 Å². The van der Waals surface area contributed by atoms with E-state index in [2.05, 4.69) is 22.9 Å². The molecule has 0 aliphatic carbocycles. The van der Waals surface area contributed by atoms with Gasteiger partial charge < -0.3 is 9.73 Å². The minimum atomic E-state index is -0.345. The minimum Gasteiger partial charge on any atom is -0.443 e. The summed E-state index contributed by atoms with van der Waals surface area (Å²) in [6.07, 6.45) is 1.39. The number of fused-ring (bicyclic) bond motifs is 1. The molecular weight excluding hydrogens is 200 g/mol. The molecule has 14 heavy (non-hydrogen) atoms. The van der Waals surface area contributed by atoms with Crippen molar-refractivity contribution in [2.75, 3.05) is 0 Å². The van der Waals surface area contributed by atoms with Gasteiger partial charge in [-0.15, -0.1) is 0 Å². The van der Waals surface area contributed by atoms with Gasteiger partial charge in [-0.05, 0) is 17.7 Å². The number of nitrogens with zero attached hydrogens (tertiary/aromatic N) is 1. The van der Waals surface area contributed by atoms with E-state index in [1.165, 1.54) is 6.39 Å². The Bertz CT molecular complexity index is 467. The zero-order valence-electron chi connectivity index (χ0n) is 7.23. The van der Waals surface area contributed by atoms with Crippen LogP contribution < -0.4 is 5.32 Å². The molecule has 0 aliphatic heterocycles. The lowest BCUT2D eigenvalue weighted by Gasteiger charge is -2.00. The van der Waals surface area contributed by atoms with Crippen molar-refractivity contribution >= 4 is 29.0 Å². The zero-order valence-corrected chi connectivity index (χ0v) is 8.12. The van der Waals surface area contributed by atoms with Crippen LogP contribution in [0.4, 0.5) is 4.79 Å². The van der Waals surface area contributed by atoms with Gasteiger partial charge in [0.1, 0.15) is 5.52 Å². The molecule has 0 radical (unpaired) electrons. The summed E-state index contributed by atoms with van der Waals surface area (Å²) in [5, 5.41) is 2.24. The van der Waals surface area contributed by atoms with E-state index < -0.39 is 0 Å². The smallest absolute Gasteiger partial charge is 0.276 e. The molecule has 0 saturated carbocycles. The third-order valence-electron chi connectivity index (χ3n) is 1.84. The molecule has 0 fully saturated rings. The van der Waals surface area contributed by atoms with Gasteiger partial charge in [-0.25, -0.2) is 4.98 Å². The van der Waals surface area contributed by atoms with E-state index in [9.17, 15) is 4.79 Å². The van der Waals surface area contributed by atoms with Crippen LogP contribution in [0.5, 0.6) is 0 Å². The van der Waals surface area contributed by atoms with Crippen LogP contribution in [0.1, 0.15) is 5.56 Å². The van der Waals surface area contributed by atoms with Crippen LogP contribution in [-0.2, 0) is 6.54 Å². The Morgan fingerprint density at radius 3 is 3.21 bits per heavy atom. The number of rotatable bonds is 2.